The number of ether oxygens (including phenoxy) is 2. The minimum atomic E-state index is -3.37. The first-order valence-corrected chi connectivity index (χ1v) is 11.7. The lowest BCUT2D eigenvalue weighted by molar-refractivity contribution is -0.00448. The summed E-state index contributed by atoms with van der Waals surface area (Å²) in [4.78, 5) is 10.7. The van der Waals surface area contributed by atoms with Crippen LogP contribution in [0.25, 0.3) is 0 Å². The van der Waals surface area contributed by atoms with E-state index in [0.717, 1.165) is 37.2 Å². The molecule has 3 heterocycles. The molecule has 0 radical (unpaired) electrons. The molecule has 2 aromatic rings. The van der Waals surface area contributed by atoms with Gasteiger partial charge in [-0.05, 0) is 24.5 Å². The zero-order chi connectivity index (χ0) is 20.7. The van der Waals surface area contributed by atoms with E-state index >= 15 is 0 Å². The van der Waals surface area contributed by atoms with Gasteiger partial charge in [0.05, 0.1) is 37.0 Å². The number of hydrogen-bond acceptors (Lipinski definition) is 7. The van der Waals surface area contributed by atoms with Gasteiger partial charge in [0.25, 0.3) is 0 Å². The number of sulfone groups is 1. The van der Waals surface area contributed by atoms with Gasteiger partial charge in [-0.3, -0.25) is 9.88 Å². The normalized spacial score (nSPS) is 16.3. The molecule has 2 aromatic heterocycles. The van der Waals surface area contributed by atoms with Gasteiger partial charge in [0.1, 0.15) is 0 Å². The Morgan fingerprint density at radius 1 is 1.24 bits per heavy atom. The first-order valence-electron chi connectivity index (χ1n) is 10.0. The van der Waals surface area contributed by atoms with Crippen molar-refractivity contribution >= 4 is 9.84 Å². The van der Waals surface area contributed by atoms with E-state index in [2.05, 4.69) is 14.9 Å². The van der Waals surface area contributed by atoms with Gasteiger partial charge in [0.2, 0.25) is 15.0 Å². The predicted octanol–water partition coefficient (Wildman–Crippen LogP) is 1.90. The highest BCUT2D eigenvalue weighted by Crippen LogP contribution is 2.20. The largest absolute Gasteiger partial charge is 0.383 e. The fourth-order valence-corrected chi connectivity index (χ4v) is 4.49. The number of methoxy groups -OCH3 is 1. The maximum absolute atomic E-state index is 12.4. The van der Waals surface area contributed by atoms with E-state index in [9.17, 15) is 8.42 Å². The summed E-state index contributed by atoms with van der Waals surface area (Å²) in [6, 6.07) is 3.94. The van der Waals surface area contributed by atoms with Gasteiger partial charge < -0.3 is 14.0 Å². The van der Waals surface area contributed by atoms with Gasteiger partial charge in [0.15, 0.2) is 0 Å². The van der Waals surface area contributed by atoms with Gasteiger partial charge in [-0.2, -0.15) is 0 Å². The van der Waals surface area contributed by atoms with Crippen LogP contribution in [0.1, 0.15) is 31.0 Å². The monoisotopic (exact) mass is 422 g/mol. The second kappa shape index (κ2) is 10.3. The molecule has 0 unspecified atom stereocenters. The van der Waals surface area contributed by atoms with Crippen LogP contribution in [-0.2, 0) is 39.0 Å². The standard InChI is InChI=1S/C20H30N4O4S/c1-3-29(25,26)20-22-14-18(24(20)11-12-27-2)15-23-9-6-19(7-10-23)28-16-17-5-4-8-21-13-17/h4-5,8,13-14,19H,3,6-7,9-12,15-16H2,1-2H3. The molecule has 9 heteroatoms. The average Bonchev–Trinajstić information content (AvgIpc) is 3.15. The molecule has 0 N–H and O–H groups in total. The molecule has 1 saturated heterocycles. The number of rotatable bonds is 10. The molecule has 0 spiro atoms. The van der Waals surface area contributed by atoms with Gasteiger partial charge in [-0.1, -0.05) is 13.0 Å². The third-order valence-electron chi connectivity index (χ3n) is 5.21. The van der Waals surface area contributed by atoms with Crippen molar-refractivity contribution in [2.45, 2.75) is 50.7 Å². The van der Waals surface area contributed by atoms with Crippen LogP contribution < -0.4 is 0 Å². The summed E-state index contributed by atoms with van der Waals surface area (Å²) in [7, 11) is -1.76. The minimum Gasteiger partial charge on any atom is -0.383 e. The molecule has 8 nitrogen and oxygen atoms in total. The highest BCUT2D eigenvalue weighted by Gasteiger charge is 2.24. The van der Waals surface area contributed by atoms with E-state index in [-0.39, 0.29) is 17.0 Å². The third-order valence-corrected chi connectivity index (χ3v) is 6.85. The summed E-state index contributed by atoms with van der Waals surface area (Å²) in [5.74, 6) is 0.0378. The first kappa shape index (κ1) is 21.9. The molecule has 160 valence electrons. The van der Waals surface area contributed by atoms with Crippen molar-refractivity contribution in [3.63, 3.8) is 0 Å². The smallest absolute Gasteiger partial charge is 0.227 e. The van der Waals surface area contributed by atoms with Gasteiger partial charge in [-0.15, -0.1) is 0 Å². The van der Waals surface area contributed by atoms with Crippen LogP contribution in [-0.4, -0.2) is 66.5 Å². The first-order chi connectivity index (χ1) is 14.0. The topological polar surface area (TPSA) is 86.5 Å². The van der Waals surface area contributed by atoms with E-state index in [1.165, 1.54) is 0 Å². The Kier molecular flexibility index (Phi) is 7.77. The Balaban J connectivity index is 1.57. The molecular weight excluding hydrogens is 392 g/mol. The number of aromatic nitrogens is 3. The Morgan fingerprint density at radius 3 is 2.69 bits per heavy atom. The molecule has 0 aromatic carbocycles. The van der Waals surface area contributed by atoms with E-state index in [4.69, 9.17) is 9.47 Å². The molecular formula is C20H30N4O4S. The zero-order valence-corrected chi connectivity index (χ0v) is 18.0. The van der Waals surface area contributed by atoms with Crippen molar-refractivity contribution in [3.05, 3.63) is 42.0 Å². The van der Waals surface area contributed by atoms with E-state index in [1.807, 2.05) is 18.3 Å². The summed E-state index contributed by atoms with van der Waals surface area (Å²) in [6.07, 6.45) is 7.41. The number of imidazole rings is 1. The van der Waals surface area contributed by atoms with Crippen molar-refractivity contribution in [2.24, 2.45) is 0 Å². The maximum Gasteiger partial charge on any atom is 0.227 e. The second-order valence-electron chi connectivity index (χ2n) is 7.23. The van der Waals surface area contributed by atoms with Crippen molar-refractivity contribution in [2.75, 3.05) is 32.6 Å². The molecule has 0 bridgehead atoms. The van der Waals surface area contributed by atoms with Crippen LogP contribution in [0, 0.1) is 0 Å². The average molecular weight is 423 g/mol. The van der Waals surface area contributed by atoms with Gasteiger partial charge in [0, 0.05) is 45.7 Å². The van der Waals surface area contributed by atoms with Crippen molar-refractivity contribution in [1.29, 1.82) is 0 Å². The zero-order valence-electron chi connectivity index (χ0n) is 17.2. The summed E-state index contributed by atoms with van der Waals surface area (Å²) >= 11 is 0. The Morgan fingerprint density at radius 2 is 2.03 bits per heavy atom. The summed E-state index contributed by atoms with van der Waals surface area (Å²) < 4.78 is 37.7. The van der Waals surface area contributed by atoms with Crippen molar-refractivity contribution in [3.8, 4) is 0 Å². The molecule has 3 rings (SSSR count). The lowest BCUT2D eigenvalue weighted by Gasteiger charge is -2.32. The number of nitrogens with zero attached hydrogens (tertiary/aromatic N) is 4. The molecule has 1 aliphatic heterocycles. The molecule has 0 atom stereocenters. The second-order valence-corrected chi connectivity index (χ2v) is 9.40. The highest BCUT2D eigenvalue weighted by molar-refractivity contribution is 7.91. The molecule has 1 fully saturated rings. The van der Waals surface area contributed by atoms with E-state index in [1.54, 1.807) is 31.0 Å². The van der Waals surface area contributed by atoms with Crippen LogP contribution in [0.4, 0.5) is 0 Å². The predicted molar refractivity (Wildman–Crippen MR) is 109 cm³/mol. The number of pyridine rings is 1. The quantitative estimate of drug-likeness (QED) is 0.578. The molecule has 0 aliphatic carbocycles. The van der Waals surface area contributed by atoms with E-state index in [0.29, 0.717) is 26.3 Å². The van der Waals surface area contributed by atoms with Gasteiger partial charge >= 0.3 is 0 Å². The third kappa shape index (κ3) is 5.85. The van der Waals surface area contributed by atoms with Gasteiger partial charge in [-0.25, -0.2) is 13.4 Å². The lowest BCUT2D eigenvalue weighted by Crippen LogP contribution is -2.37. The summed E-state index contributed by atoms with van der Waals surface area (Å²) in [5, 5.41) is 0.140. The molecule has 0 amide bonds. The van der Waals surface area contributed by atoms with Crippen LogP contribution in [0.15, 0.2) is 35.9 Å². The van der Waals surface area contributed by atoms with Crippen LogP contribution in [0.2, 0.25) is 0 Å². The maximum atomic E-state index is 12.4. The SMILES string of the molecule is CCS(=O)(=O)c1ncc(CN2CCC(OCc3cccnc3)CC2)n1CCOC. The summed E-state index contributed by atoms with van der Waals surface area (Å²) in [5.41, 5.74) is 1.99. The van der Waals surface area contributed by atoms with Crippen LogP contribution >= 0.6 is 0 Å². The lowest BCUT2D eigenvalue weighted by atomic mass is 10.1. The molecule has 29 heavy (non-hydrogen) atoms. The molecule has 1 aliphatic rings. The number of likely N-dealkylation sites (tertiary alicyclic amines) is 1. The fourth-order valence-electron chi connectivity index (χ4n) is 3.48. The summed E-state index contributed by atoms with van der Waals surface area (Å²) in [6.45, 7) is 5.63. The minimum absolute atomic E-state index is 0.0378. The van der Waals surface area contributed by atoms with Crippen molar-refractivity contribution in [1.82, 2.24) is 19.4 Å². The fraction of sp³-hybridized carbons (Fsp3) is 0.600. The number of hydrogen-bond donors (Lipinski definition) is 0. The Bertz CT molecular complexity index is 862. The number of piperidine rings is 1. The Hall–Kier alpha value is -1.81. The van der Waals surface area contributed by atoms with Crippen LogP contribution in [0.3, 0.4) is 0 Å². The Labute approximate surface area is 172 Å². The highest BCUT2D eigenvalue weighted by atomic mass is 32.2. The van der Waals surface area contributed by atoms with Crippen molar-refractivity contribution < 1.29 is 17.9 Å². The van der Waals surface area contributed by atoms with Crippen LogP contribution in [0.5, 0.6) is 0 Å². The van der Waals surface area contributed by atoms with E-state index < -0.39 is 9.84 Å². The molecule has 0 saturated carbocycles.